The van der Waals surface area contributed by atoms with Crippen molar-refractivity contribution in [3.05, 3.63) is 42.0 Å². The molecule has 0 aliphatic carbocycles. The molecule has 0 aromatic heterocycles. The first kappa shape index (κ1) is 15.0. The van der Waals surface area contributed by atoms with Gasteiger partial charge in [-0.1, -0.05) is 25.1 Å². The van der Waals surface area contributed by atoms with Crippen molar-refractivity contribution >= 4 is 17.6 Å². The van der Waals surface area contributed by atoms with Gasteiger partial charge in [-0.15, -0.1) is 0 Å². The predicted molar refractivity (Wildman–Crippen MR) is 74.8 cm³/mol. The van der Waals surface area contributed by atoms with Gasteiger partial charge in [-0.2, -0.15) is 0 Å². The van der Waals surface area contributed by atoms with E-state index in [1.807, 2.05) is 31.2 Å². The normalized spacial score (nSPS) is 10.7. The zero-order valence-corrected chi connectivity index (χ0v) is 11.5. The number of nitrogens with one attached hydrogen (secondary N) is 1. The van der Waals surface area contributed by atoms with Crippen LogP contribution in [-0.2, 0) is 20.7 Å². The third-order valence-corrected chi connectivity index (χ3v) is 2.38. The quantitative estimate of drug-likeness (QED) is 0.655. The third kappa shape index (κ3) is 5.38. The van der Waals surface area contributed by atoms with Crippen molar-refractivity contribution in [3.8, 4) is 0 Å². The summed E-state index contributed by atoms with van der Waals surface area (Å²) >= 11 is 0. The molecule has 0 saturated carbocycles. The minimum atomic E-state index is -0.520. The summed E-state index contributed by atoms with van der Waals surface area (Å²) in [4.78, 5) is 22.9. The average molecular weight is 261 g/mol. The molecule has 0 unspecified atom stereocenters. The molecule has 1 amide bonds. The fraction of sp³-hybridized carbons (Fsp3) is 0.333. The first-order valence-electron chi connectivity index (χ1n) is 6.30. The molecule has 1 aromatic rings. The van der Waals surface area contributed by atoms with Crippen LogP contribution in [0.4, 0.5) is 5.69 Å². The van der Waals surface area contributed by atoms with Crippen LogP contribution in [-0.4, -0.2) is 18.0 Å². The molecule has 0 spiro atoms. The second kappa shape index (κ2) is 7.36. The summed E-state index contributed by atoms with van der Waals surface area (Å²) in [7, 11) is 0. The van der Waals surface area contributed by atoms with Crippen LogP contribution >= 0.6 is 0 Å². The molecular formula is C15H19NO3. The van der Waals surface area contributed by atoms with E-state index < -0.39 is 5.97 Å². The number of esters is 1. The van der Waals surface area contributed by atoms with Crippen molar-refractivity contribution in [3.63, 3.8) is 0 Å². The molecule has 1 N–H and O–H groups in total. The number of carbonyl (C=O) groups is 2. The van der Waals surface area contributed by atoms with Gasteiger partial charge in [0, 0.05) is 17.8 Å². The maximum atomic E-state index is 11.7. The van der Waals surface area contributed by atoms with Crippen molar-refractivity contribution in [1.29, 1.82) is 0 Å². The van der Waals surface area contributed by atoms with Crippen LogP contribution in [0.2, 0.25) is 0 Å². The number of hydrogen-bond acceptors (Lipinski definition) is 3. The van der Waals surface area contributed by atoms with E-state index in [9.17, 15) is 9.59 Å². The van der Waals surface area contributed by atoms with Gasteiger partial charge in [0.15, 0.2) is 0 Å². The standard InChI is InChI=1S/C15H19NO3/c1-4-12-7-5-6-8-13(12)16-14(17)9-10-15(18)19-11(2)3/h5-11H,4H2,1-3H3,(H,16,17)/b10-9+. The van der Waals surface area contributed by atoms with Gasteiger partial charge >= 0.3 is 5.97 Å². The van der Waals surface area contributed by atoms with Gasteiger partial charge in [-0.25, -0.2) is 4.79 Å². The number of benzene rings is 1. The zero-order chi connectivity index (χ0) is 14.3. The number of carbonyl (C=O) groups excluding carboxylic acids is 2. The highest BCUT2D eigenvalue weighted by atomic mass is 16.5. The highest BCUT2D eigenvalue weighted by molar-refractivity contribution is 6.02. The lowest BCUT2D eigenvalue weighted by atomic mass is 10.1. The number of amides is 1. The van der Waals surface area contributed by atoms with E-state index in [1.165, 1.54) is 6.08 Å². The molecule has 0 saturated heterocycles. The van der Waals surface area contributed by atoms with Crippen molar-refractivity contribution in [2.75, 3.05) is 5.32 Å². The maximum Gasteiger partial charge on any atom is 0.331 e. The van der Waals surface area contributed by atoms with Crippen LogP contribution in [0, 0.1) is 0 Å². The Bertz CT molecular complexity index is 478. The van der Waals surface area contributed by atoms with Crippen LogP contribution in [0.3, 0.4) is 0 Å². The van der Waals surface area contributed by atoms with Gasteiger partial charge < -0.3 is 10.1 Å². The van der Waals surface area contributed by atoms with Gasteiger partial charge in [-0.05, 0) is 31.9 Å². The number of hydrogen-bond donors (Lipinski definition) is 1. The molecule has 1 aromatic carbocycles. The Morgan fingerprint density at radius 1 is 1.26 bits per heavy atom. The summed E-state index contributed by atoms with van der Waals surface area (Å²) in [6.07, 6.45) is 2.94. The summed E-state index contributed by atoms with van der Waals surface area (Å²) in [5, 5.41) is 2.74. The summed E-state index contributed by atoms with van der Waals surface area (Å²) in [5.74, 6) is -0.865. The zero-order valence-electron chi connectivity index (χ0n) is 11.5. The molecule has 1 rings (SSSR count). The van der Waals surface area contributed by atoms with Crippen LogP contribution in [0.15, 0.2) is 36.4 Å². The highest BCUT2D eigenvalue weighted by Crippen LogP contribution is 2.15. The van der Waals surface area contributed by atoms with Crippen LogP contribution < -0.4 is 5.32 Å². The molecule has 0 fully saturated rings. The SMILES string of the molecule is CCc1ccccc1NC(=O)/C=C/C(=O)OC(C)C. The second-order valence-electron chi connectivity index (χ2n) is 4.32. The molecule has 4 nitrogen and oxygen atoms in total. The Labute approximate surface area is 113 Å². The van der Waals surface area contributed by atoms with E-state index in [2.05, 4.69) is 5.32 Å². The smallest absolute Gasteiger partial charge is 0.331 e. The Morgan fingerprint density at radius 2 is 1.95 bits per heavy atom. The number of aryl methyl sites for hydroxylation is 1. The first-order valence-corrected chi connectivity index (χ1v) is 6.30. The largest absolute Gasteiger partial charge is 0.460 e. The van der Waals surface area contributed by atoms with Crippen molar-refractivity contribution < 1.29 is 14.3 Å². The summed E-state index contributed by atoms with van der Waals surface area (Å²) in [5.41, 5.74) is 1.81. The van der Waals surface area contributed by atoms with E-state index in [1.54, 1.807) is 13.8 Å². The molecule has 102 valence electrons. The molecule has 0 heterocycles. The number of para-hydroxylation sites is 1. The minimum Gasteiger partial charge on any atom is -0.460 e. The summed E-state index contributed by atoms with van der Waals surface area (Å²) in [6, 6.07) is 7.55. The highest BCUT2D eigenvalue weighted by Gasteiger charge is 2.04. The fourth-order valence-corrected chi connectivity index (χ4v) is 1.54. The van der Waals surface area contributed by atoms with Crippen molar-refractivity contribution in [1.82, 2.24) is 0 Å². The van der Waals surface area contributed by atoms with Crippen LogP contribution in [0.1, 0.15) is 26.3 Å². The van der Waals surface area contributed by atoms with Crippen LogP contribution in [0.25, 0.3) is 0 Å². The fourth-order valence-electron chi connectivity index (χ4n) is 1.54. The number of rotatable bonds is 5. The van der Waals surface area contributed by atoms with E-state index >= 15 is 0 Å². The maximum absolute atomic E-state index is 11.7. The Kier molecular flexibility index (Phi) is 5.79. The Hall–Kier alpha value is -2.10. The lowest BCUT2D eigenvalue weighted by Gasteiger charge is -2.07. The van der Waals surface area contributed by atoms with E-state index in [0.29, 0.717) is 0 Å². The molecule has 0 atom stereocenters. The summed E-state index contributed by atoms with van der Waals surface area (Å²) in [6.45, 7) is 5.52. The lowest BCUT2D eigenvalue weighted by Crippen LogP contribution is -2.12. The minimum absolute atomic E-state index is 0.193. The van der Waals surface area contributed by atoms with Crippen molar-refractivity contribution in [2.45, 2.75) is 33.3 Å². The number of ether oxygens (including phenoxy) is 1. The second-order valence-corrected chi connectivity index (χ2v) is 4.32. The van der Waals surface area contributed by atoms with Gasteiger partial charge in [-0.3, -0.25) is 4.79 Å². The number of anilines is 1. The molecule has 0 aliphatic rings. The Morgan fingerprint density at radius 3 is 2.58 bits per heavy atom. The molecule has 4 heteroatoms. The van der Waals surface area contributed by atoms with Gasteiger partial charge in [0.25, 0.3) is 0 Å². The molecule has 0 aliphatic heterocycles. The van der Waals surface area contributed by atoms with E-state index in [-0.39, 0.29) is 12.0 Å². The molecule has 19 heavy (non-hydrogen) atoms. The Balaban J connectivity index is 2.60. The average Bonchev–Trinajstić information content (AvgIpc) is 2.36. The van der Waals surface area contributed by atoms with E-state index in [4.69, 9.17) is 4.74 Å². The lowest BCUT2D eigenvalue weighted by molar-refractivity contribution is -0.141. The van der Waals surface area contributed by atoms with Gasteiger partial charge in [0.2, 0.25) is 5.91 Å². The van der Waals surface area contributed by atoms with Crippen molar-refractivity contribution in [2.24, 2.45) is 0 Å². The van der Waals surface area contributed by atoms with Gasteiger partial charge in [0.05, 0.1) is 6.10 Å². The first-order chi connectivity index (χ1) is 9.02. The van der Waals surface area contributed by atoms with Crippen LogP contribution in [0.5, 0.6) is 0 Å². The topological polar surface area (TPSA) is 55.4 Å². The monoisotopic (exact) mass is 261 g/mol. The third-order valence-electron chi connectivity index (χ3n) is 2.38. The van der Waals surface area contributed by atoms with Gasteiger partial charge in [0.1, 0.15) is 0 Å². The van der Waals surface area contributed by atoms with E-state index in [0.717, 1.165) is 23.7 Å². The summed E-state index contributed by atoms with van der Waals surface area (Å²) < 4.78 is 4.89. The predicted octanol–water partition coefficient (Wildman–Crippen LogP) is 2.70. The molecule has 0 bridgehead atoms. The molecule has 0 radical (unpaired) electrons. The molecular weight excluding hydrogens is 242 g/mol.